The first-order valence-electron chi connectivity index (χ1n) is 8.08. The maximum Gasteiger partial charge on any atom is 0.404 e. The number of hydrogen-bond acceptors (Lipinski definition) is 12. The van der Waals surface area contributed by atoms with E-state index in [0.717, 1.165) is 16.4 Å². The van der Waals surface area contributed by atoms with E-state index in [1.807, 2.05) is 0 Å². The average Bonchev–Trinajstić information content (AvgIpc) is 3.13. The van der Waals surface area contributed by atoms with Crippen molar-refractivity contribution >= 4 is 58.0 Å². The Kier molecular flexibility index (Phi) is 6.06. The number of nitrogen functional groups attached to an aromatic ring is 1. The fourth-order valence-electron chi connectivity index (χ4n) is 2.77. The van der Waals surface area contributed by atoms with Gasteiger partial charge in [-0.3, -0.25) is 14.5 Å². The standard InChI is InChI=1S/C14H15N7O7S2/c1-27-19-5(8-18-13(15)30-20-8)9(22)17-6-10(23)21-7(12(24)25)4(2-28-14(16)26)3-29-11(6)21/h6,11H,2-3H2,1H3,(H2,16,26)(H,17,22)(H,24,25)(H2,15,18,20)/t6?,11-/m1/s1. The highest BCUT2D eigenvalue weighted by Gasteiger charge is 2.54. The molecule has 0 radical (unpaired) electrons. The van der Waals surface area contributed by atoms with Crippen molar-refractivity contribution in [2.75, 3.05) is 25.2 Å². The van der Waals surface area contributed by atoms with Gasteiger partial charge in [-0.1, -0.05) is 5.16 Å². The average molecular weight is 457 g/mol. The summed E-state index contributed by atoms with van der Waals surface area (Å²) >= 11 is 2.04. The van der Waals surface area contributed by atoms with E-state index in [-0.39, 0.29) is 40.3 Å². The van der Waals surface area contributed by atoms with Crippen LogP contribution in [0.25, 0.3) is 0 Å². The number of anilines is 1. The summed E-state index contributed by atoms with van der Waals surface area (Å²) in [7, 11) is 1.22. The predicted molar refractivity (Wildman–Crippen MR) is 103 cm³/mol. The number of carboxylic acid groups (broad SMARTS) is 1. The maximum absolute atomic E-state index is 12.6. The van der Waals surface area contributed by atoms with Crippen LogP contribution in [0.1, 0.15) is 5.82 Å². The van der Waals surface area contributed by atoms with E-state index < -0.39 is 35.3 Å². The molecule has 3 heterocycles. The number of thioether (sulfide) groups is 1. The number of amides is 3. The number of aromatic nitrogens is 2. The molecular formula is C14H15N7O7S2. The number of primary amides is 1. The van der Waals surface area contributed by atoms with E-state index in [4.69, 9.17) is 11.5 Å². The van der Waals surface area contributed by atoms with Crippen LogP contribution in [0.15, 0.2) is 16.4 Å². The number of nitrogens with zero attached hydrogens (tertiary/aromatic N) is 4. The molecular weight excluding hydrogens is 442 g/mol. The third-order valence-corrected chi connectivity index (χ3v) is 5.86. The Hall–Kier alpha value is -3.40. The van der Waals surface area contributed by atoms with Gasteiger partial charge < -0.3 is 31.5 Å². The van der Waals surface area contributed by atoms with Crippen molar-refractivity contribution in [1.82, 2.24) is 19.6 Å². The van der Waals surface area contributed by atoms with Crippen LogP contribution in [0, 0.1) is 0 Å². The second-order valence-corrected chi connectivity index (χ2v) is 7.69. The normalized spacial score (nSPS) is 20.9. The van der Waals surface area contributed by atoms with Gasteiger partial charge in [0.2, 0.25) is 11.5 Å². The minimum Gasteiger partial charge on any atom is -0.477 e. The Balaban J connectivity index is 1.77. The zero-order chi connectivity index (χ0) is 22.0. The van der Waals surface area contributed by atoms with E-state index in [1.54, 1.807) is 0 Å². The van der Waals surface area contributed by atoms with Crippen LogP contribution in [-0.2, 0) is 24.0 Å². The molecule has 0 spiro atoms. The quantitative estimate of drug-likeness (QED) is 0.206. The van der Waals surface area contributed by atoms with Gasteiger partial charge in [0, 0.05) is 22.9 Å². The molecule has 160 valence electrons. The first-order valence-corrected chi connectivity index (χ1v) is 9.90. The van der Waals surface area contributed by atoms with Crippen LogP contribution in [0.4, 0.5) is 9.93 Å². The number of carbonyl (C=O) groups excluding carboxylic acids is 3. The van der Waals surface area contributed by atoms with E-state index >= 15 is 0 Å². The summed E-state index contributed by atoms with van der Waals surface area (Å²) in [5.74, 6) is -2.74. The van der Waals surface area contributed by atoms with Crippen LogP contribution in [-0.4, -0.2) is 79.8 Å². The molecule has 3 amide bonds. The Morgan fingerprint density at radius 3 is 2.73 bits per heavy atom. The SMILES string of the molecule is CON=C(C(=O)NC1C(=O)N2C(C(=O)O)=C(COC(N)=O)CS[C@H]12)c1nsc(N)n1. The van der Waals surface area contributed by atoms with Gasteiger partial charge in [-0.15, -0.1) is 11.8 Å². The molecule has 14 nitrogen and oxygen atoms in total. The zero-order valence-corrected chi connectivity index (χ0v) is 16.9. The van der Waals surface area contributed by atoms with Gasteiger partial charge in [0.05, 0.1) is 0 Å². The third-order valence-electron chi connectivity index (χ3n) is 3.98. The molecule has 30 heavy (non-hydrogen) atoms. The molecule has 1 saturated heterocycles. The Morgan fingerprint density at radius 1 is 1.43 bits per heavy atom. The molecule has 0 saturated carbocycles. The zero-order valence-electron chi connectivity index (χ0n) is 15.2. The lowest BCUT2D eigenvalue weighted by atomic mass is 10.0. The highest BCUT2D eigenvalue weighted by Crippen LogP contribution is 2.40. The smallest absolute Gasteiger partial charge is 0.404 e. The van der Waals surface area contributed by atoms with Gasteiger partial charge in [-0.05, 0) is 0 Å². The van der Waals surface area contributed by atoms with Crippen molar-refractivity contribution in [1.29, 1.82) is 0 Å². The Morgan fingerprint density at radius 2 is 2.17 bits per heavy atom. The van der Waals surface area contributed by atoms with Crippen LogP contribution in [0.5, 0.6) is 0 Å². The van der Waals surface area contributed by atoms with Crippen molar-refractivity contribution in [3.8, 4) is 0 Å². The molecule has 0 bridgehead atoms. The highest BCUT2D eigenvalue weighted by molar-refractivity contribution is 8.00. The lowest BCUT2D eigenvalue weighted by molar-refractivity contribution is -0.150. The van der Waals surface area contributed by atoms with Crippen LogP contribution in [0.2, 0.25) is 0 Å². The van der Waals surface area contributed by atoms with Crippen molar-refractivity contribution in [3.05, 3.63) is 17.1 Å². The Labute approximate surface area is 176 Å². The summed E-state index contributed by atoms with van der Waals surface area (Å²) in [5, 5.41) is 15.0. The number of fused-ring (bicyclic) bond motifs is 1. The van der Waals surface area contributed by atoms with Crippen LogP contribution in [0.3, 0.4) is 0 Å². The minimum atomic E-state index is -1.37. The number of rotatable bonds is 7. The summed E-state index contributed by atoms with van der Waals surface area (Å²) in [6.07, 6.45) is -1.07. The van der Waals surface area contributed by atoms with Gasteiger partial charge in [0.1, 0.15) is 30.8 Å². The van der Waals surface area contributed by atoms with Gasteiger partial charge in [-0.25, -0.2) is 9.59 Å². The number of carboxylic acids is 1. The summed E-state index contributed by atoms with van der Waals surface area (Å²) in [4.78, 5) is 57.2. The van der Waals surface area contributed by atoms with Gasteiger partial charge in [0.15, 0.2) is 5.13 Å². The summed E-state index contributed by atoms with van der Waals surface area (Å²) in [6, 6.07) is -1.02. The van der Waals surface area contributed by atoms with E-state index in [0.29, 0.717) is 0 Å². The maximum atomic E-state index is 12.6. The van der Waals surface area contributed by atoms with Gasteiger partial charge >= 0.3 is 12.1 Å². The molecule has 1 aromatic heterocycles. The molecule has 2 atom stereocenters. The predicted octanol–water partition coefficient (Wildman–Crippen LogP) is -1.70. The lowest BCUT2D eigenvalue weighted by Crippen LogP contribution is -2.71. The monoisotopic (exact) mass is 457 g/mol. The molecule has 6 N–H and O–H groups in total. The molecule has 0 aliphatic carbocycles. The van der Waals surface area contributed by atoms with Crippen LogP contribution < -0.4 is 16.8 Å². The third kappa shape index (κ3) is 3.99. The topological polar surface area (TPSA) is 212 Å². The molecule has 1 fully saturated rings. The second kappa shape index (κ2) is 8.54. The summed E-state index contributed by atoms with van der Waals surface area (Å²) < 4.78 is 8.53. The fourth-order valence-corrected chi connectivity index (χ4v) is 4.53. The van der Waals surface area contributed by atoms with Crippen LogP contribution >= 0.6 is 23.3 Å². The van der Waals surface area contributed by atoms with Gasteiger partial charge in [-0.2, -0.15) is 9.36 Å². The number of oxime groups is 1. The number of ether oxygens (including phenoxy) is 1. The number of nitrogens with one attached hydrogen (secondary N) is 1. The number of nitrogens with two attached hydrogens (primary N) is 2. The number of β-lactam (4-membered cyclic amide) rings is 1. The molecule has 2 aliphatic heterocycles. The van der Waals surface area contributed by atoms with E-state index in [1.165, 1.54) is 18.9 Å². The second-order valence-electron chi connectivity index (χ2n) is 5.80. The molecule has 0 aromatic carbocycles. The molecule has 3 rings (SSSR count). The van der Waals surface area contributed by atoms with Gasteiger partial charge in [0.25, 0.3) is 11.8 Å². The number of carbonyl (C=O) groups is 4. The van der Waals surface area contributed by atoms with Crippen molar-refractivity contribution in [3.63, 3.8) is 0 Å². The first kappa shape index (κ1) is 21.3. The Bertz CT molecular complexity index is 976. The number of hydrogen-bond donors (Lipinski definition) is 4. The van der Waals surface area contributed by atoms with Crippen molar-refractivity contribution in [2.24, 2.45) is 10.9 Å². The van der Waals surface area contributed by atoms with Crippen molar-refractivity contribution in [2.45, 2.75) is 11.4 Å². The summed E-state index contributed by atoms with van der Waals surface area (Å²) in [5.41, 5.74) is 10.0. The molecule has 2 aliphatic rings. The van der Waals surface area contributed by atoms with E-state index in [2.05, 4.69) is 29.4 Å². The van der Waals surface area contributed by atoms with E-state index in [9.17, 15) is 24.3 Å². The fraction of sp³-hybridized carbons (Fsp3) is 0.357. The highest BCUT2D eigenvalue weighted by atomic mass is 32.2. The molecule has 16 heteroatoms. The lowest BCUT2D eigenvalue weighted by Gasteiger charge is -2.49. The first-order chi connectivity index (χ1) is 14.2. The molecule has 1 unspecified atom stereocenters. The summed E-state index contributed by atoms with van der Waals surface area (Å²) in [6.45, 7) is -0.362. The largest absolute Gasteiger partial charge is 0.477 e. The number of aliphatic carboxylic acids is 1. The molecule has 1 aromatic rings. The van der Waals surface area contributed by atoms with Crippen molar-refractivity contribution < 1.29 is 33.9 Å². The minimum absolute atomic E-state index is 0.0752.